The van der Waals surface area contributed by atoms with Gasteiger partial charge in [0.15, 0.2) is 0 Å². The minimum absolute atomic E-state index is 0.311. The first-order chi connectivity index (χ1) is 6.83. The van der Waals surface area contributed by atoms with Crippen LogP contribution >= 0.6 is 0 Å². The second-order valence-electron chi connectivity index (χ2n) is 3.07. The zero-order valence-electron chi connectivity index (χ0n) is 7.50. The van der Waals surface area contributed by atoms with Crippen molar-refractivity contribution in [3.05, 3.63) is 35.8 Å². The molecule has 0 N–H and O–H groups in total. The van der Waals surface area contributed by atoms with Gasteiger partial charge in [-0.3, -0.25) is 0 Å². The molecule has 3 heteroatoms. The first kappa shape index (κ1) is 8.94. The maximum absolute atomic E-state index is 13.3. The Morgan fingerprint density at radius 3 is 3.00 bits per heavy atom. The SMILES string of the molecule is O=CCCc1c(F)ccc2ccoc12. The van der Waals surface area contributed by atoms with Gasteiger partial charge in [0, 0.05) is 17.4 Å². The summed E-state index contributed by atoms with van der Waals surface area (Å²) in [7, 11) is 0. The summed E-state index contributed by atoms with van der Waals surface area (Å²) in [6.45, 7) is 0. The Hall–Kier alpha value is -1.64. The highest BCUT2D eigenvalue weighted by atomic mass is 19.1. The molecule has 2 nitrogen and oxygen atoms in total. The van der Waals surface area contributed by atoms with E-state index in [2.05, 4.69) is 0 Å². The number of halogens is 1. The Bertz CT molecular complexity index is 459. The van der Waals surface area contributed by atoms with Crippen molar-refractivity contribution in [2.24, 2.45) is 0 Å². The van der Waals surface area contributed by atoms with Crippen molar-refractivity contribution in [2.75, 3.05) is 0 Å². The molecule has 0 saturated heterocycles. The van der Waals surface area contributed by atoms with E-state index in [1.807, 2.05) is 0 Å². The molecular formula is C11H9FO2. The summed E-state index contributed by atoms with van der Waals surface area (Å²) >= 11 is 0. The number of aldehydes is 1. The largest absolute Gasteiger partial charge is 0.464 e. The van der Waals surface area contributed by atoms with Crippen molar-refractivity contribution in [2.45, 2.75) is 12.8 Å². The van der Waals surface area contributed by atoms with Gasteiger partial charge in [-0.1, -0.05) is 0 Å². The molecule has 0 atom stereocenters. The van der Waals surface area contributed by atoms with E-state index >= 15 is 0 Å². The average Bonchev–Trinajstić information content (AvgIpc) is 2.64. The van der Waals surface area contributed by atoms with E-state index in [-0.39, 0.29) is 5.82 Å². The third-order valence-electron chi connectivity index (χ3n) is 2.18. The van der Waals surface area contributed by atoms with Crippen LogP contribution in [0.1, 0.15) is 12.0 Å². The fourth-order valence-electron chi connectivity index (χ4n) is 1.50. The third-order valence-corrected chi connectivity index (χ3v) is 2.18. The molecule has 0 radical (unpaired) electrons. The predicted molar refractivity (Wildman–Crippen MR) is 50.6 cm³/mol. The Balaban J connectivity index is 2.52. The first-order valence-electron chi connectivity index (χ1n) is 4.41. The molecule has 0 bridgehead atoms. The summed E-state index contributed by atoms with van der Waals surface area (Å²) in [6, 6.07) is 4.84. The minimum atomic E-state index is -0.311. The maximum Gasteiger partial charge on any atom is 0.139 e. The molecule has 1 aromatic heterocycles. The number of aryl methyl sites for hydroxylation is 1. The molecule has 2 rings (SSSR count). The van der Waals surface area contributed by atoms with Crippen LogP contribution in [0.3, 0.4) is 0 Å². The molecule has 2 aromatic rings. The van der Waals surface area contributed by atoms with Crippen molar-refractivity contribution in [1.29, 1.82) is 0 Å². The van der Waals surface area contributed by atoms with Gasteiger partial charge in [-0.05, 0) is 24.6 Å². The van der Waals surface area contributed by atoms with Gasteiger partial charge in [0.1, 0.15) is 17.7 Å². The molecule has 0 spiro atoms. The quantitative estimate of drug-likeness (QED) is 0.700. The normalized spacial score (nSPS) is 10.6. The van der Waals surface area contributed by atoms with Gasteiger partial charge in [-0.2, -0.15) is 0 Å². The first-order valence-corrected chi connectivity index (χ1v) is 4.41. The van der Waals surface area contributed by atoms with Gasteiger partial charge >= 0.3 is 0 Å². The summed E-state index contributed by atoms with van der Waals surface area (Å²) in [5.41, 5.74) is 1.03. The Morgan fingerprint density at radius 1 is 1.36 bits per heavy atom. The Kier molecular flexibility index (Phi) is 2.31. The van der Waals surface area contributed by atoms with E-state index in [1.165, 1.54) is 12.3 Å². The molecule has 1 aromatic carbocycles. The van der Waals surface area contributed by atoms with Crippen LogP contribution in [0.15, 0.2) is 28.9 Å². The molecule has 0 aliphatic rings. The van der Waals surface area contributed by atoms with Crippen molar-refractivity contribution >= 4 is 17.3 Å². The molecule has 0 aliphatic heterocycles. The highest BCUT2D eigenvalue weighted by molar-refractivity contribution is 5.80. The highest BCUT2D eigenvalue weighted by Gasteiger charge is 2.09. The molecule has 0 fully saturated rings. The molecule has 0 aliphatic carbocycles. The third kappa shape index (κ3) is 1.41. The van der Waals surface area contributed by atoms with Crippen LogP contribution in [-0.2, 0) is 11.2 Å². The van der Waals surface area contributed by atoms with Crippen LogP contribution in [-0.4, -0.2) is 6.29 Å². The van der Waals surface area contributed by atoms with E-state index in [1.54, 1.807) is 12.1 Å². The van der Waals surface area contributed by atoms with Gasteiger partial charge in [-0.15, -0.1) is 0 Å². The van der Waals surface area contributed by atoms with E-state index in [9.17, 15) is 9.18 Å². The second kappa shape index (κ2) is 3.62. The maximum atomic E-state index is 13.3. The monoisotopic (exact) mass is 192 g/mol. The number of hydrogen-bond acceptors (Lipinski definition) is 2. The van der Waals surface area contributed by atoms with Crippen molar-refractivity contribution < 1.29 is 13.6 Å². The predicted octanol–water partition coefficient (Wildman–Crippen LogP) is 2.70. The molecular weight excluding hydrogens is 183 g/mol. The van der Waals surface area contributed by atoms with E-state index in [4.69, 9.17) is 4.42 Å². The van der Waals surface area contributed by atoms with Crippen molar-refractivity contribution in [3.63, 3.8) is 0 Å². The fraction of sp³-hybridized carbons (Fsp3) is 0.182. The lowest BCUT2D eigenvalue weighted by Crippen LogP contribution is -1.91. The van der Waals surface area contributed by atoms with Crippen LogP contribution in [0, 0.1) is 5.82 Å². The fourth-order valence-corrected chi connectivity index (χ4v) is 1.50. The second-order valence-corrected chi connectivity index (χ2v) is 3.07. The summed E-state index contributed by atoms with van der Waals surface area (Å²) < 4.78 is 18.5. The zero-order valence-corrected chi connectivity index (χ0v) is 7.50. The minimum Gasteiger partial charge on any atom is -0.464 e. The number of fused-ring (bicyclic) bond motifs is 1. The van der Waals surface area contributed by atoms with Crippen molar-refractivity contribution in [1.82, 2.24) is 0 Å². The number of carbonyl (C=O) groups excluding carboxylic acids is 1. The molecule has 0 amide bonds. The van der Waals surface area contributed by atoms with Crippen LogP contribution in [0.2, 0.25) is 0 Å². The summed E-state index contributed by atoms with van der Waals surface area (Å²) in [5, 5.41) is 0.868. The number of hydrogen-bond donors (Lipinski definition) is 0. The average molecular weight is 192 g/mol. The van der Waals surface area contributed by atoms with Gasteiger partial charge in [-0.25, -0.2) is 4.39 Å². The number of rotatable bonds is 3. The number of furan rings is 1. The zero-order chi connectivity index (χ0) is 9.97. The number of benzene rings is 1. The Labute approximate surface area is 80.3 Å². The van der Waals surface area contributed by atoms with E-state index in [0.29, 0.717) is 24.0 Å². The smallest absolute Gasteiger partial charge is 0.139 e. The van der Waals surface area contributed by atoms with E-state index in [0.717, 1.165) is 11.7 Å². The van der Waals surface area contributed by atoms with Gasteiger partial charge in [0.2, 0.25) is 0 Å². The van der Waals surface area contributed by atoms with Gasteiger partial charge in [0.05, 0.1) is 6.26 Å². The molecule has 0 unspecified atom stereocenters. The highest BCUT2D eigenvalue weighted by Crippen LogP contribution is 2.23. The van der Waals surface area contributed by atoms with Crippen LogP contribution in [0.25, 0.3) is 11.0 Å². The lowest BCUT2D eigenvalue weighted by Gasteiger charge is -2.00. The lowest BCUT2D eigenvalue weighted by molar-refractivity contribution is -0.107. The van der Waals surface area contributed by atoms with Gasteiger partial charge < -0.3 is 9.21 Å². The summed E-state index contributed by atoms with van der Waals surface area (Å²) in [5.74, 6) is -0.311. The summed E-state index contributed by atoms with van der Waals surface area (Å²) in [6.07, 6.45) is 3.01. The molecule has 14 heavy (non-hydrogen) atoms. The van der Waals surface area contributed by atoms with E-state index < -0.39 is 0 Å². The lowest BCUT2D eigenvalue weighted by atomic mass is 10.1. The Morgan fingerprint density at radius 2 is 2.21 bits per heavy atom. The topological polar surface area (TPSA) is 30.2 Å². The van der Waals surface area contributed by atoms with Crippen molar-refractivity contribution in [3.8, 4) is 0 Å². The molecule has 72 valence electrons. The summed E-state index contributed by atoms with van der Waals surface area (Å²) in [4.78, 5) is 10.2. The number of carbonyl (C=O) groups is 1. The van der Waals surface area contributed by atoms with Crippen LogP contribution < -0.4 is 0 Å². The van der Waals surface area contributed by atoms with Crippen LogP contribution in [0.5, 0.6) is 0 Å². The van der Waals surface area contributed by atoms with Crippen LogP contribution in [0.4, 0.5) is 4.39 Å². The molecule has 0 saturated carbocycles. The standard InChI is InChI=1S/C11H9FO2/c12-10-4-3-8-5-7-14-11(8)9(10)2-1-6-13/h3-7H,1-2H2. The molecule has 1 heterocycles. The van der Waals surface area contributed by atoms with Gasteiger partial charge in [0.25, 0.3) is 0 Å².